The lowest BCUT2D eigenvalue weighted by molar-refractivity contribution is 0.101. The number of aliphatic hydroxyl groups excluding tert-OH is 1. The van der Waals surface area contributed by atoms with Crippen LogP contribution in [0.4, 0.5) is 10.1 Å². The van der Waals surface area contributed by atoms with Crippen molar-refractivity contribution < 1.29 is 14.3 Å². The van der Waals surface area contributed by atoms with Crippen molar-refractivity contribution in [3.8, 4) is 0 Å². The van der Waals surface area contributed by atoms with Gasteiger partial charge in [0.25, 0.3) is 0 Å². The number of Topliss-reactive ketones (excluding diaryl/α,β-unsaturated/α-hetero) is 1. The van der Waals surface area contributed by atoms with Crippen molar-refractivity contribution in [2.75, 3.05) is 18.5 Å². The Morgan fingerprint density at radius 3 is 2.65 bits per heavy atom. The number of aliphatic hydroxyl groups is 1. The van der Waals surface area contributed by atoms with Gasteiger partial charge in [-0.1, -0.05) is 0 Å². The summed E-state index contributed by atoms with van der Waals surface area (Å²) >= 11 is 0. The van der Waals surface area contributed by atoms with Gasteiger partial charge < -0.3 is 10.0 Å². The van der Waals surface area contributed by atoms with Crippen molar-refractivity contribution in [1.29, 1.82) is 0 Å². The summed E-state index contributed by atoms with van der Waals surface area (Å²) in [6, 6.07) is 4.45. The van der Waals surface area contributed by atoms with Gasteiger partial charge >= 0.3 is 0 Å². The van der Waals surface area contributed by atoms with E-state index in [0.29, 0.717) is 24.2 Å². The molecule has 1 unspecified atom stereocenters. The van der Waals surface area contributed by atoms with Gasteiger partial charge in [-0.2, -0.15) is 0 Å². The molecule has 0 aromatic heterocycles. The number of anilines is 1. The fourth-order valence-electron chi connectivity index (χ4n) is 1.54. The number of hydrogen-bond donors (Lipinski definition) is 1. The van der Waals surface area contributed by atoms with E-state index >= 15 is 0 Å². The van der Waals surface area contributed by atoms with E-state index in [4.69, 9.17) is 5.11 Å². The summed E-state index contributed by atoms with van der Waals surface area (Å²) in [6.45, 7) is 3.67. The molecule has 1 atom stereocenters. The Bertz CT molecular complexity index is 404. The van der Waals surface area contributed by atoms with Gasteiger partial charge in [0.15, 0.2) is 5.78 Å². The molecule has 0 amide bonds. The lowest BCUT2D eigenvalue weighted by atomic mass is 10.1. The van der Waals surface area contributed by atoms with E-state index < -0.39 is 11.9 Å². The van der Waals surface area contributed by atoms with Gasteiger partial charge in [-0.05, 0) is 38.5 Å². The van der Waals surface area contributed by atoms with Crippen LogP contribution in [0.5, 0.6) is 0 Å². The predicted octanol–water partition coefficient (Wildman–Crippen LogP) is 2.24. The standard InChI is InChI=1S/C13H18FNO2/c1-9(16)6-7-15(3)13-5-4-11(10(2)17)8-12(13)14/h4-5,8-9,16H,6-7H2,1-3H3. The van der Waals surface area contributed by atoms with Crippen molar-refractivity contribution >= 4 is 11.5 Å². The maximum absolute atomic E-state index is 13.7. The van der Waals surface area contributed by atoms with E-state index in [0.717, 1.165) is 0 Å². The molecule has 0 aliphatic heterocycles. The highest BCUT2D eigenvalue weighted by molar-refractivity contribution is 5.94. The molecule has 1 aromatic rings. The lowest BCUT2D eigenvalue weighted by Crippen LogP contribution is -2.22. The minimum atomic E-state index is -0.411. The molecule has 0 spiro atoms. The fourth-order valence-corrected chi connectivity index (χ4v) is 1.54. The number of carbonyl (C=O) groups excluding carboxylic acids is 1. The molecule has 1 N–H and O–H groups in total. The van der Waals surface area contributed by atoms with Crippen LogP contribution < -0.4 is 4.90 Å². The minimum Gasteiger partial charge on any atom is -0.393 e. The second-order valence-electron chi connectivity index (χ2n) is 4.28. The van der Waals surface area contributed by atoms with Crippen molar-refractivity contribution in [1.82, 2.24) is 0 Å². The number of ketones is 1. The molecule has 94 valence electrons. The Labute approximate surface area is 101 Å². The van der Waals surface area contributed by atoms with Gasteiger partial charge in [-0.25, -0.2) is 4.39 Å². The smallest absolute Gasteiger partial charge is 0.159 e. The summed E-state index contributed by atoms with van der Waals surface area (Å²) < 4.78 is 13.7. The van der Waals surface area contributed by atoms with Crippen LogP contribution in [0.25, 0.3) is 0 Å². The molecule has 0 heterocycles. The molecule has 0 bridgehead atoms. The number of halogens is 1. The molecule has 0 saturated heterocycles. The quantitative estimate of drug-likeness (QED) is 0.801. The van der Waals surface area contributed by atoms with E-state index in [1.54, 1.807) is 31.0 Å². The van der Waals surface area contributed by atoms with E-state index in [1.807, 2.05) is 0 Å². The predicted molar refractivity (Wildman–Crippen MR) is 66.0 cm³/mol. The fraction of sp³-hybridized carbons (Fsp3) is 0.462. The van der Waals surface area contributed by atoms with Crippen LogP contribution in [-0.4, -0.2) is 30.6 Å². The van der Waals surface area contributed by atoms with Crippen molar-refractivity contribution in [2.45, 2.75) is 26.4 Å². The second kappa shape index (κ2) is 5.77. The average Bonchev–Trinajstić information content (AvgIpc) is 2.25. The summed E-state index contributed by atoms with van der Waals surface area (Å²) in [6.07, 6.45) is 0.168. The first-order valence-corrected chi connectivity index (χ1v) is 5.61. The van der Waals surface area contributed by atoms with E-state index in [2.05, 4.69) is 0 Å². The van der Waals surface area contributed by atoms with Gasteiger partial charge in [-0.3, -0.25) is 4.79 Å². The third kappa shape index (κ3) is 3.82. The largest absolute Gasteiger partial charge is 0.393 e. The van der Waals surface area contributed by atoms with Gasteiger partial charge in [-0.15, -0.1) is 0 Å². The third-order valence-corrected chi connectivity index (χ3v) is 2.65. The average molecular weight is 239 g/mol. The highest BCUT2D eigenvalue weighted by atomic mass is 19.1. The summed E-state index contributed by atoms with van der Waals surface area (Å²) in [5.41, 5.74) is 0.811. The van der Waals surface area contributed by atoms with Crippen LogP contribution in [0, 0.1) is 5.82 Å². The highest BCUT2D eigenvalue weighted by Gasteiger charge is 2.10. The van der Waals surface area contributed by atoms with Crippen LogP contribution in [0.3, 0.4) is 0 Å². The van der Waals surface area contributed by atoms with Gasteiger partial charge in [0.1, 0.15) is 5.82 Å². The van der Waals surface area contributed by atoms with Crippen LogP contribution in [0.1, 0.15) is 30.6 Å². The van der Waals surface area contributed by atoms with Crippen LogP contribution in [-0.2, 0) is 0 Å². The minimum absolute atomic E-state index is 0.151. The third-order valence-electron chi connectivity index (χ3n) is 2.65. The molecule has 4 heteroatoms. The SMILES string of the molecule is CC(=O)c1ccc(N(C)CCC(C)O)c(F)c1. The molecule has 3 nitrogen and oxygen atoms in total. The maximum Gasteiger partial charge on any atom is 0.159 e. The monoisotopic (exact) mass is 239 g/mol. The molecule has 0 radical (unpaired) electrons. The van der Waals surface area contributed by atoms with Crippen molar-refractivity contribution in [3.05, 3.63) is 29.6 Å². The van der Waals surface area contributed by atoms with Gasteiger partial charge in [0.2, 0.25) is 0 Å². The Morgan fingerprint density at radius 2 is 2.18 bits per heavy atom. The number of nitrogens with zero attached hydrogens (tertiary/aromatic N) is 1. The number of hydrogen-bond acceptors (Lipinski definition) is 3. The van der Waals surface area contributed by atoms with Crippen LogP contribution >= 0.6 is 0 Å². The molecule has 0 saturated carbocycles. The van der Waals surface area contributed by atoms with Gasteiger partial charge in [0, 0.05) is 19.2 Å². The first-order chi connectivity index (χ1) is 7.91. The van der Waals surface area contributed by atoms with Gasteiger partial charge in [0.05, 0.1) is 11.8 Å². The molecular formula is C13H18FNO2. The first kappa shape index (κ1) is 13.6. The normalized spacial score (nSPS) is 12.3. The number of rotatable bonds is 5. The molecule has 1 rings (SSSR count). The lowest BCUT2D eigenvalue weighted by Gasteiger charge is -2.20. The zero-order chi connectivity index (χ0) is 13.0. The molecule has 17 heavy (non-hydrogen) atoms. The van der Waals surface area contributed by atoms with Crippen LogP contribution in [0.15, 0.2) is 18.2 Å². The molecule has 0 aliphatic carbocycles. The number of benzene rings is 1. The highest BCUT2D eigenvalue weighted by Crippen LogP contribution is 2.20. The molecule has 0 aliphatic rings. The maximum atomic E-state index is 13.7. The Hall–Kier alpha value is -1.42. The van der Waals surface area contributed by atoms with E-state index in [1.165, 1.54) is 13.0 Å². The topological polar surface area (TPSA) is 40.5 Å². The first-order valence-electron chi connectivity index (χ1n) is 5.61. The zero-order valence-electron chi connectivity index (χ0n) is 10.4. The summed E-state index contributed by atoms with van der Waals surface area (Å²) in [5.74, 6) is -0.562. The Morgan fingerprint density at radius 1 is 1.53 bits per heavy atom. The summed E-state index contributed by atoms with van der Waals surface area (Å²) in [7, 11) is 1.76. The summed E-state index contributed by atoms with van der Waals surface area (Å²) in [5, 5.41) is 9.17. The Kier molecular flexibility index (Phi) is 4.63. The Balaban J connectivity index is 2.81. The number of carbonyl (C=O) groups is 1. The zero-order valence-corrected chi connectivity index (χ0v) is 10.4. The van der Waals surface area contributed by atoms with Crippen molar-refractivity contribution in [3.63, 3.8) is 0 Å². The van der Waals surface area contributed by atoms with Crippen LogP contribution in [0.2, 0.25) is 0 Å². The molecule has 1 aromatic carbocycles. The molecular weight excluding hydrogens is 221 g/mol. The molecule has 0 fully saturated rings. The van der Waals surface area contributed by atoms with E-state index in [-0.39, 0.29) is 5.78 Å². The second-order valence-corrected chi connectivity index (χ2v) is 4.28. The van der Waals surface area contributed by atoms with Crippen molar-refractivity contribution in [2.24, 2.45) is 0 Å². The van der Waals surface area contributed by atoms with E-state index in [9.17, 15) is 9.18 Å². The summed E-state index contributed by atoms with van der Waals surface area (Å²) in [4.78, 5) is 12.8.